The highest BCUT2D eigenvalue weighted by Crippen LogP contribution is 2.18. The van der Waals surface area contributed by atoms with E-state index in [1.807, 2.05) is 62.4 Å². The fraction of sp³-hybridized carbons (Fsp3) is 0.435. The molecule has 0 spiro atoms. The Kier molecular flexibility index (Phi) is 12.5. The van der Waals surface area contributed by atoms with Crippen LogP contribution in [0.3, 0.4) is 0 Å². The Bertz CT molecular complexity index is 644. The first-order valence-corrected chi connectivity index (χ1v) is 12.4. The summed E-state index contributed by atoms with van der Waals surface area (Å²) in [6.45, 7) is 14.5. The van der Waals surface area contributed by atoms with E-state index in [9.17, 15) is 0 Å². The standard InChI is InChI=1S/C17H20N2O2S.2C3H7.Al.H/c1-3-20-15-9-5-13(6-10-15)18-17(22)19-14-7-11-16(12-8-14)21-4-2;2*1-3-2;;/h5-12H,3-4H2,1-2H3,(H2,18,19,22);2*3H,1-2H3;;. The summed E-state index contributed by atoms with van der Waals surface area (Å²) in [6.07, 6.45) is 0. The van der Waals surface area contributed by atoms with Gasteiger partial charge in [0.2, 0.25) is 15.2 Å². The van der Waals surface area contributed by atoms with E-state index < -0.39 is 0 Å². The first-order chi connectivity index (χ1) is 13.8. The highest BCUT2D eigenvalue weighted by molar-refractivity contribution is 7.80. The second-order valence-corrected chi connectivity index (χ2v) is 11.7. The molecule has 2 N–H and O–H groups in total. The molecule has 0 fully saturated rings. The Morgan fingerprint density at radius 2 is 1.10 bits per heavy atom. The summed E-state index contributed by atoms with van der Waals surface area (Å²) in [5.74, 6) is 1.69. The van der Waals surface area contributed by atoms with E-state index in [0.717, 1.165) is 32.4 Å². The molecule has 158 valence electrons. The summed E-state index contributed by atoms with van der Waals surface area (Å²) in [6, 6.07) is 15.3. The predicted molar refractivity (Wildman–Crippen MR) is 132 cm³/mol. The van der Waals surface area contributed by atoms with Crippen molar-refractivity contribution in [2.75, 3.05) is 23.8 Å². The molecule has 0 aliphatic heterocycles. The van der Waals surface area contributed by atoms with Crippen LogP contribution in [0, 0.1) is 0 Å². The zero-order valence-electron chi connectivity index (χ0n) is 18.6. The maximum Gasteiger partial charge on any atom is 0.243 e. The smallest absolute Gasteiger partial charge is 0.243 e. The monoisotopic (exact) mass is 430 g/mol. The molecule has 0 amide bonds. The maximum absolute atomic E-state index is 5.40. The molecule has 0 atom stereocenters. The Balaban J connectivity index is 0.000000516. The SMILES string of the molecule is CCOc1ccc(NC(=S)Nc2ccc(OCC)cc2)cc1.C[CH](C)[AlH][CH](C)C. The lowest BCUT2D eigenvalue weighted by atomic mass is 10.3. The summed E-state index contributed by atoms with van der Waals surface area (Å²) in [5, 5.41) is 6.80. The number of ether oxygens (including phenoxy) is 2. The fourth-order valence-corrected chi connectivity index (χ4v) is 4.96. The zero-order valence-corrected chi connectivity index (χ0v) is 20.9. The van der Waals surface area contributed by atoms with Crippen molar-refractivity contribution >= 4 is 43.9 Å². The van der Waals surface area contributed by atoms with E-state index in [2.05, 4.69) is 38.3 Å². The quantitative estimate of drug-likeness (QED) is 0.376. The molecule has 0 heterocycles. The van der Waals surface area contributed by atoms with Crippen LogP contribution >= 0.6 is 12.2 Å². The molecule has 4 nitrogen and oxygen atoms in total. The van der Waals surface area contributed by atoms with Gasteiger partial charge in [-0.2, -0.15) is 0 Å². The van der Waals surface area contributed by atoms with E-state index in [0.29, 0.717) is 18.3 Å². The van der Waals surface area contributed by atoms with E-state index in [1.54, 1.807) is 0 Å². The summed E-state index contributed by atoms with van der Waals surface area (Å²) < 4.78 is 12.8. The first-order valence-electron chi connectivity index (χ1n) is 10.4. The van der Waals surface area contributed by atoms with Crippen LogP contribution in [0.25, 0.3) is 0 Å². The number of hydrogen-bond donors (Lipinski definition) is 2. The van der Waals surface area contributed by atoms with E-state index in [1.165, 1.54) is 0 Å². The average Bonchev–Trinajstić information content (AvgIpc) is 2.65. The van der Waals surface area contributed by atoms with Gasteiger partial charge in [-0.1, -0.05) is 37.3 Å². The summed E-state index contributed by atoms with van der Waals surface area (Å²) >= 11 is 5.58. The Hall–Kier alpha value is -1.74. The van der Waals surface area contributed by atoms with Crippen molar-refractivity contribution in [1.29, 1.82) is 0 Å². The number of anilines is 2. The maximum atomic E-state index is 5.40. The lowest BCUT2D eigenvalue weighted by Crippen LogP contribution is -2.18. The number of rotatable bonds is 8. The third-order valence-electron chi connectivity index (χ3n) is 3.79. The van der Waals surface area contributed by atoms with Crippen LogP contribution in [0.4, 0.5) is 11.4 Å². The van der Waals surface area contributed by atoms with Crippen molar-refractivity contribution in [3.05, 3.63) is 48.5 Å². The van der Waals surface area contributed by atoms with Crippen molar-refractivity contribution in [3.63, 3.8) is 0 Å². The van der Waals surface area contributed by atoms with Crippen LogP contribution in [0.1, 0.15) is 41.5 Å². The number of thiocarbonyl (C=S) groups is 1. The molecule has 0 radical (unpaired) electrons. The van der Waals surface area contributed by atoms with Crippen LogP contribution < -0.4 is 20.1 Å². The minimum Gasteiger partial charge on any atom is -0.494 e. The number of nitrogens with one attached hydrogen (secondary N) is 2. The largest absolute Gasteiger partial charge is 0.494 e. The highest BCUT2D eigenvalue weighted by atomic mass is 32.1. The molecule has 0 bridgehead atoms. The van der Waals surface area contributed by atoms with Gasteiger partial charge < -0.3 is 20.1 Å². The second kappa shape index (κ2) is 14.3. The van der Waals surface area contributed by atoms with Crippen molar-refractivity contribution < 1.29 is 9.47 Å². The van der Waals surface area contributed by atoms with Gasteiger partial charge in [-0.3, -0.25) is 0 Å². The summed E-state index contributed by atoms with van der Waals surface area (Å²) in [7, 11) is 0. The van der Waals surface area contributed by atoms with Crippen LogP contribution in [-0.2, 0) is 0 Å². The van der Waals surface area contributed by atoms with Gasteiger partial charge >= 0.3 is 0 Å². The minimum absolute atomic E-state index is 0.281. The van der Waals surface area contributed by atoms with Crippen molar-refractivity contribution in [2.24, 2.45) is 0 Å². The van der Waals surface area contributed by atoms with E-state index in [4.69, 9.17) is 21.7 Å². The fourth-order valence-electron chi connectivity index (χ4n) is 2.84. The molecule has 0 aliphatic rings. The van der Waals surface area contributed by atoms with Gasteiger partial charge in [0.25, 0.3) is 0 Å². The van der Waals surface area contributed by atoms with Gasteiger partial charge in [0, 0.05) is 11.4 Å². The lowest BCUT2D eigenvalue weighted by Gasteiger charge is -2.12. The highest BCUT2D eigenvalue weighted by Gasteiger charge is 2.02. The Morgan fingerprint density at radius 1 is 0.759 bits per heavy atom. The minimum atomic E-state index is 0.281. The van der Waals surface area contributed by atoms with Gasteiger partial charge in [0.1, 0.15) is 11.5 Å². The van der Waals surface area contributed by atoms with Crippen molar-refractivity contribution in [1.82, 2.24) is 0 Å². The average molecular weight is 431 g/mol. The van der Waals surface area contributed by atoms with Gasteiger partial charge in [0.05, 0.1) is 13.2 Å². The molecule has 6 heteroatoms. The predicted octanol–water partition coefficient (Wildman–Crippen LogP) is 6.37. The third kappa shape index (κ3) is 11.8. The molecule has 2 rings (SSSR count). The van der Waals surface area contributed by atoms with Crippen LogP contribution in [-0.4, -0.2) is 33.5 Å². The van der Waals surface area contributed by atoms with Crippen molar-refractivity contribution in [3.8, 4) is 11.5 Å². The Morgan fingerprint density at radius 3 is 1.34 bits per heavy atom. The van der Waals surface area contributed by atoms with Crippen molar-refractivity contribution in [2.45, 2.75) is 51.1 Å². The molecular formula is C23H35AlN2O2S. The summed E-state index contributed by atoms with van der Waals surface area (Å²) in [4.78, 5) is 0. The molecule has 0 unspecified atom stereocenters. The number of benzene rings is 2. The third-order valence-corrected chi connectivity index (χ3v) is 5.88. The van der Waals surface area contributed by atoms with Crippen LogP contribution in [0.5, 0.6) is 11.5 Å². The van der Waals surface area contributed by atoms with Gasteiger partial charge in [0.15, 0.2) is 5.11 Å². The van der Waals surface area contributed by atoms with Crippen LogP contribution in [0.2, 0.25) is 9.56 Å². The second-order valence-electron chi connectivity index (χ2n) is 7.52. The molecule has 0 aliphatic carbocycles. The normalized spacial score (nSPS) is 10.1. The molecular weight excluding hydrogens is 395 g/mol. The summed E-state index contributed by atoms with van der Waals surface area (Å²) in [5.41, 5.74) is 1.82. The zero-order chi connectivity index (χ0) is 21.6. The molecule has 2 aromatic rings. The lowest BCUT2D eigenvalue weighted by molar-refractivity contribution is 0.340. The molecule has 29 heavy (non-hydrogen) atoms. The van der Waals surface area contributed by atoms with E-state index >= 15 is 0 Å². The van der Waals surface area contributed by atoms with Gasteiger partial charge in [-0.25, -0.2) is 0 Å². The number of hydrogen-bond acceptors (Lipinski definition) is 3. The Labute approximate surface area is 188 Å². The topological polar surface area (TPSA) is 42.5 Å². The van der Waals surface area contributed by atoms with Crippen LogP contribution in [0.15, 0.2) is 48.5 Å². The van der Waals surface area contributed by atoms with Gasteiger partial charge in [-0.05, 0) is 74.6 Å². The molecule has 2 aromatic carbocycles. The molecule has 0 saturated heterocycles. The van der Waals surface area contributed by atoms with E-state index in [-0.39, 0.29) is 15.2 Å². The molecule has 0 saturated carbocycles. The van der Waals surface area contributed by atoms with Gasteiger partial charge in [-0.15, -0.1) is 0 Å². The first kappa shape index (κ1) is 25.3. The molecule has 0 aromatic heterocycles.